The van der Waals surface area contributed by atoms with Crippen molar-refractivity contribution < 1.29 is 18.3 Å². The highest BCUT2D eigenvalue weighted by atomic mass is 32.2. The van der Waals surface area contributed by atoms with Crippen LogP contribution in [0.4, 0.5) is 5.95 Å². The molecule has 0 spiro atoms. The van der Waals surface area contributed by atoms with Gasteiger partial charge in [-0.05, 0) is 49.3 Å². The maximum absolute atomic E-state index is 13.2. The van der Waals surface area contributed by atoms with Gasteiger partial charge in [-0.2, -0.15) is 4.31 Å². The van der Waals surface area contributed by atoms with Gasteiger partial charge in [0.05, 0.1) is 10.5 Å². The molecule has 0 aliphatic carbocycles. The van der Waals surface area contributed by atoms with Crippen LogP contribution in [0.5, 0.6) is 0 Å². The number of piperazine rings is 1. The lowest BCUT2D eigenvalue weighted by Crippen LogP contribution is -2.49. The van der Waals surface area contributed by atoms with Crippen LogP contribution >= 0.6 is 0 Å². The molecule has 4 rings (SSSR count). The average molecular weight is 510 g/mol. The molecule has 0 radical (unpaired) electrons. The van der Waals surface area contributed by atoms with Gasteiger partial charge in [0.15, 0.2) is 5.78 Å². The highest BCUT2D eigenvalue weighted by Crippen LogP contribution is 2.25. The number of aromatic nitrogens is 2. The molecule has 1 aliphatic heterocycles. The SMILES string of the molecule is CN(C)CCc1cccc(-c2ccc(S(=O)(=O)N3CCN(c4ncc(C(=O)CO)cn4)CC3)cc2)c1. The van der Waals surface area contributed by atoms with Gasteiger partial charge in [-0.1, -0.05) is 36.4 Å². The van der Waals surface area contributed by atoms with Gasteiger partial charge in [0, 0.05) is 45.1 Å². The van der Waals surface area contributed by atoms with Crippen LogP contribution in [-0.4, -0.2) is 91.9 Å². The van der Waals surface area contributed by atoms with Crippen molar-refractivity contribution in [2.45, 2.75) is 11.3 Å². The second kappa shape index (κ2) is 11.3. The minimum absolute atomic E-state index is 0.242. The van der Waals surface area contributed by atoms with Crippen molar-refractivity contribution in [3.8, 4) is 11.1 Å². The number of hydrogen-bond donors (Lipinski definition) is 1. The van der Waals surface area contributed by atoms with E-state index in [2.05, 4.69) is 41.1 Å². The van der Waals surface area contributed by atoms with Gasteiger partial charge in [-0.3, -0.25) is 4.79 Å². The number of carbonyl (C=O) groups is 1. The largest absolute Gasteiger partial charge is 0.388 e. The Morgan fingerprint density at radius 3 is 2.25 bits per heavy atom. The topological polar surface area (TPSA) is 107 Å². The first-order valence-electron chi connectivity index (χ1n) is 11.8. The third-order valence-corrected chi connectivity index (χ3v) is 8.14. The molecule has 36 heavy (non-hydrogen) atoms. The Bertz CT molecular complexity index is 1290. The monoisotopic (exact) mass is 509 g/mol. The maximum atomic E-state index is 13.2. The van der Waals surface area contributed by atoms with Crippen molar-refractivity contribution in [3.63, 3.8) is 0 Å². The van der Waals surface area contributed by atoms with E-state index < -0.39 is 22.4 Å². The molecule has 1 N–H and O–H groups in total. The van der Waals surface area contributed by atoms with Crippen LogP contribution < -0.4 is 4.90 Å². The summed E-state index contributed by atoms with van der Waals surface area (Å²) in [6, 6.07) is 15.4. The lowest BCUT2D eigenvalue weighted by molar-refractivity contribution is 0.0903. The standard InChI is InChI=1S/C26H31N5O4S/c1-29(2)11-10-20-4-3-5-22(16-20)21-6-8-24(9-7-21)36(34,35)31-14-12-30(13-15-31)26-27-17-23(18-28-26)25(33)19-32/h3-9,16-18,32H,10-15,19H2,1-2H3. The minimum Gasteiger partial charge on any atom is -0.388 e. The number of ketones is 1. The van der Waals surface area contributed by atoms with Gasteiger partial charge >= 0.3 is 0 Å². The van der Waals surface area contributed by atoms with E-state index >= 15 is 0 Å². The summed E-state index contributed by atoms with van der Waals surface area (Å²) in [7, 11) is 0.479. The summed E-state index contributed by atoms with van der Waals surface area (Å²) >= 11 is 0. The summed E-state index contributed by atoms with van der Waals surface area (Å²) < 4.78 is 28.0. The van der Waals surface area contributed by atoms with E-state index in [9.17, 15) is 13.2 Å². The smallest absolute Gasteiger partial charge is 0.243 e. The fraction of sp³-hybridized carbons (Fsp3) is 0.346. The second-order valence-electron chi connectivity index (χ2n) is 9.02. The molecule has 0 amide bonds. The van der Waals surface area contributed by atoms with Crippen molar-refractivity contribution >= 4 is 21.8 Å². The molecule has 2 heterocycles. The number of hydrogen-bond acceptors (Lipinski definition) is 8. The number of aliphatic hydroxyl groups is 1. The van der Waals surface area contributed by atoms with Gasteiger partial charge in [0.2, 0.25) is 16.0 Å². The molecular formula is C26H31N5O4S. The van der Waals surface area contributed by atoms with Crippen LogP contribution in [0.3, 0.4) is 0 Å². The Morgan fingerprint density at radius 2 is 1.64 bits per heavy atom. The van der Waals surface area contributed by atoms with Crippen molar-refractivity contribution in [3.05, 3.63) is 72.1 Å². The Hall–Kier alpha value is -3.18. The van der Waals surface area contributed by atoms with Gasteiger partial charge in [0.25, 0.3) is 0 Å². The number of likely N-dealkylation sites (N-methyl/N-ethyl adjacent to an activating group) is 1. The summed E-state index contributed by atoms with van der Waals surface area (Å²) in [4.78, 5) is 24.2. The van der Waals surface area contributed by atoms with E-state index in [0.717, 1.165) is 24.1 Å². The molecule has 10 heteroatoms. The number of nitrogens with zero attached hydrogens (tertiary/aromatic N) is 5. The first-order chi connectivity index (χ1) is 17.3. The third kappa shape index (κ3) is 5.96. The Morgan fingerprint density at radius 1 is 0.972 bits per heavy atom. The summed E-state index contributed by atoms with van der Waals surface area (Å²) in [5.74, 6) is -0.0146. The Balaban J connectivity index is 1.40. The molecule has 1 aromatic heterocycles. The lowest BCUT2D eigenvalue weighted by Gasteiger charge is -2.34. The number of aliphatic hydroxyl groups excluding tert-OH is 1. The zero-order valence-electron chi connectivity index (χ0n) is 20.5. The minimum atomic E-state index is -3.63. The van der Waals surface area contributed by atoms with Gasteiger partial charge in [-0.25, -0.2) is 18.4 Å². The van der Waals surface area contributed by atoms with Crippen LogP contribution in [0, 0.1) is 0 Å². The molecule has 0 bridgehead atoms. The molecule has 1 aliphatic rings. The molecule has 0 saturated carbocycles. The molecule has 1 saturated heterocycles. The average Bonchev–Trinajstić information content (AvgIpc) is 2.92. The third-order valence-electron chi connectivity index (χ3n) is 6.23. The normalized spacial score (nSPS) is 14.8. The van der Waals surface area contributed by atoms with Crippen molar-refractivity contribution in [1.82, 2.24) is 19.2 Å². The molecule has 1 fully saturated rings. The van der Waals surface area contributed by atoms with E-state index in [1.54, 1.807) is 12.1 Å². The van der Waals surface area contributed by atoms with E-state index in [-0.39, 0.29) is 10.5 Å². The number of sulfonamides is 1. The Labute approximate surface area is 212 Å². The first-order valence-corrected chi connectivity index (χ1v) is 13.3. The molecule has 3 aromatic rings. The molecular weight excluding hydrogens is 478 g/mol. The number of rotatable bonds is 9. The fourth-order valence-electron chi connectivity index (χ4n) is 4.08. The van der Waals surface area contributed by atoms with E-state index in [1.165, 1.54) is 22.3 Å². The van der Waals surface area contributed by atoms with Crippen LogP contribution in [0.15, 0.2) is 65.8 Å². The van der Waals surface area contributed by atoms with Crippen LogP contribution in [0.1, 0.15) is 15.9 Å². The molecule has 2 aromatic carbocycles. The van der Waals surface area contributed by atoms with Crippen molar-refractivity contribution in [1.29, 1.82) is 0 Å². The molecule has 9 nitrogen and oxygen atoms in total. The number of Topliss-reactive ketones (excluding diaryl/α,β-unsaturated/α-hetero) is 1. The predicted octanol–water partition coefficient (Wildman–Crippen LogP) is 1.93. The summed E-state index contributed by atoms with van der Waals surface area (Å²) in [5, 5.41) is 8.95. The van der Waals surface area contributed by atoms with Crippen molar-refractivity contribution in [2.24, 2.45) is 0 Å². The summed E-state index contributed by atoms with van der Waals surface area (Å²) in [5.41, 5.74) is 3.53. The number of carbonyl (C=O) groups excluding carboxylic acids is 1. The zero-order chi connectivity index (χ0) is 25.7. The summed E-state index contributed by atoms with van der Waals surface area (Å²) in [6.45, 7) is 1.85. The molecule has 0 atom stereocenters. The van der Waals surface area contributed by atoms with Gasteiger partial charge in [-0.15, -0.1) is 0 Å². The number of anilines is 1. The van der Waals surface area contributed by atoms with Crippen LogP contribution in [-0.2, 0) is 16.4 Å². The molecule has 190 valence electrons. The lowest BCUT2D eigenvalue weighted by atomic mass is 10.0. The molecule has 0 unspecified atom stereocenters. The predicted molar refractivity (Wildman–Crippen MR) is 139 cm³/mol. The number of benzene rings is 2. The highest BCUT2D eigenvalue weighted by molar-refractivity contribution is 7.89. The maximum Gasteiger partial charge on any atom is 0.243 e. The van der Waals surface area contributed by atoms with E-state index in [1.807, 2.05) is 29.2 Å². The van der Waals surface area contributed by atoms with Gasteiger partial charge < -0.3 is 14.9 Å². The first kappa shape index (κ1) is 25.9. The van der Waals surface area contributed by atoms with Gasteiger partial charge in [0.1, 0.15) is 6.61 Å². The second-order valence-corrected chi connectivity index (χ2v) is 11.0. The fourth-order valence-corrected chi connectivity index (χ4v) is 5.50. The van der Waals surface area contributed by atoms with Crippen LogP contribution in [0.25, 0.3) is 11.1 Å². The van der Waals surface area contributed by atoms with E-state index in [4.69, 9.17) is 5.11 Å². The van der Waals surface area contributed by atoms with Crippen molar-refractivity contribution in [2.75, 3.05) is 58.3 Å². The zero-order valence-corrected chi connectivity index (χ0v) is 21.4. The quantitative estimate of drug-likeness (QED) is 0.436. The van der Waals surface area contributed by atoms with Crippen LogP contribution in [0.2, 0.25) is 0 Å². The Kier molecular flexibility index (Phi) is 8.10. The highest BCUT2D eigenvalue weighted by Gasteiger charge is 2.29. The van der Waals surface area contributed by atoms with E-state index in [0.29, 0.717) is 32.1 Å². The summed E-state index contributed by atoms with van der Waals surface area (Å²) in [6.07, 6.45) is 3.71.